The van der Waals surface area contributed by atoms with Crippen LogP contribution in [0.25, 0.3) is 22.0 Å². The summed E-state index contributed by atoms with van der Waals surface area (Å²) in [7, 11) is 1.89. The number of aryl methyl sites for hydroxylation is 5. The predicted molar refractivity (Wildman–Crippen MR) is 176 cm³/mol. The van der Waals surface area contributed by atoms with Crippen LogP contribution in [0.3, 0.4) is 0 Å². The number of aromatic carboxylic acids is 1. The van der Waals surface area contributed by atoms with Gasteiger partial charge in [-0.3, -0.25) is 9.48 Å². The SMILES string of the molecule is Cc1cc(OCCCc2c(C(=O)Nc3cccc(C(=O)O)c3C)[nH]c3c(-c4c(C)nn(C)c4C)c(Cl)ccc23)cc(C)c1Cl. The third-order valence-corrected chi connectivity index (χ3v) is 8.99. The number of carboxylic acid groups (broad SMARTS) is 1. The van der Waals surface area contributed by atoms with Gasteiger partial charge in [0.05, 0.1) is 28.4 Å². The molecule has 0 aliphatic heterocycles. The predicted octanol–water partition coefficient (Wildman–Crippen LogP) is 8.38. The summed E-state index contributed by atoms with van der Waals surface area (Å²) in [6.45, 7) is 9.91. The minimum absolute atomic E-state index is 0.126. The highest BCUT2D eigenvalue weighted by Crippen LogP contribution is 2.40. The van der Waals surface area contributed by atoms with Crippen molar-refractivity contribution in [2.75, 3.05) is 11.9 Å². The number of rotatable bonds is 9. The molecule has 3 N–H and O–H groups in total. The molecule has 10 heteroatoms. The molecule has 5 rings (SSSR count). The second kappa shape index (κ2) is 12.4. The maximum atomic E-state index is 13.9. The molecule has 0 aliphatic rings. The number of anilines is 1. The van der Waals surface area contributed by atoms with Crippen LogP contribution < -0.4 is 10.1 Å². The van der Waals surface area contributed by atoms with Crippen molar-refractivity contribution in [2.24, 2.45) is 7.05 Å². The fourth-order valence-electron chi connectivity index (χ4n) is 5.74. The zero-order chi connectivity index (χ0) is 31.9. The van der Waals surface area contributed by atoms with E-state index in [4.69, 9.17) is 27.9 Å². The average molecular weight is 634 g/mol. The van der Waals surface area contributed by atoms with Crippen LogP contribution in [0, 0.1) is 34.6 Å². The minimum Gasteiger partial charge on any atom is -0.494 e. The molecule has 0 saturated heterocycles. The van der Waals surface area contributed by atoms with Gasteiger partial charge in [-0.15, -0.1) is 0 Å². The van der Waals surface area contributed by atoms with E-state index >= 15 is 0 Å². The number of aromatic amines is 1. The quantitative estimate of drug-likeness (QED) is 0.141. The number of hydrogen-bond acceptors (Lipinski definition) is 4. The molecule has 228 valence electrons. The van der Waals surface area contributed by atoms with Crippen molar-refractivity contribution in [3.8, 4) is 16.9 Å². The number of carbonyl (C=O) groups excluding carboxylic acids is 1. The molecular weight excluding hydrogens is 599 g/mol. The van der Waals surface area contributed by atoms with Gasteiger partial charge in [0.2, 0.25) is 0 Å². The molecule has 0 radical (unpaired) electrons. The van der Waals surface area contributed by atoms with E-state index in [9.17, 15) is 14.7 Å². The second-order valence-corrected chi connectivity index (χ2v) is 11.8. The smallest absolute Gasteiger partial charge is 0.336 e. The Morgan fingerprint density at radius 1 is 1.02 bits per heavy atom. The number of halogens is 2. The summed E-state index contributed by atoms with van der Waals surface area (Å²) in [6, 6.07) is 12.4. The number of hydrogen-bond donors (Lipinski definition) is 3. The van der Waals surface area contributed by atoms with Crippen LogP contribution in [0.5, 0.6) is 5.75 Å². The molecule has 0 spiro atoms. The number of H-pyrrole nitrogens is 1. The molecular formula is C34H34Cl2N4O4. The summed E-state index contributed by atoms with van der Waals surface area (Å²) in [5.41, 5.74) is 8.30. The lowest BCUT2D eigenvalue weighted by molar-refractivity contribution is 0.0695. The molecule has 2 heterocycles. The molecule has 0 bridgehead atoms. The van der Waals surface area contributed by atoms with Gasteiger partial charge in [0.1, 0.15) is 11.4 Å². The van der Waals surface area contributed by atoms with Crippen LogP contribution in [0.1, 0.15) is 60.9 Å². The molecule has 3 aromatic carbocycles. The van der Waals surface area contributed by atoms with E-state index in [1.165, 1.54) is 6.07 Å². The first-order valence-corrected chi connectivity index (χ1v) is 15.0. The summed E-state index contributed by atoms with van der Waals surface area (Å²) >= 11 is 13.1. The number of carboxylic acids is 1. The van der Waals surface area contributed by atoms with Crippen LogP contribution in [0.2, 0.25) is 10.0 Å². The highest BCUT2D eigenvalue weighted by Gasteiger charge is 2.25. The number of benzene rings is 3. The summed E-state index contributed by atoms with van der Waals surface area (Å²) in [5.74, 6) is -0.697. The molecule has 1 amide bonds. The van der Waals surface area contributed by atoms with Crippen LogP contribution in [-0.2, 0) is 13.5 Å². The van der Waals surface area contributed by atoms with E-state index in [-0.39, 0.29) is 11.5 Å². The first kappa shape index (κ1) is 31.2. The van der Waals surface area contributed by atoms with Gasteiger partial charge in [-0.25, -0.2) is 4.79 Å². The Morgan fingerprint density at radius 2 is 1.73 bits per heavy atom. The van der Waals surface area contributed by atoms with E-state index in [1.807, 2.05) is 63.7 Å². The van der Waals surface area contributed by atoms with Gasteiger partial charge in [0.25, 0.3) is 5.91 Å². The van der Waals surface area contributed by atoms with Crippen molar-refractivity contribution < 1.29 is 19.4 Å². The maximum Gasteiger partial charge on any atom is 0.336 e. The largest absolute Gasteiger partial charge is 0.494 e. The molecule has 0 aliphatic carbocycles. The van der Waals surface area contributed by atoms with E-state index < -0.39 is 5.97 Å². The van der Waals surface area contributed by atoms with Crippen LogP contribution in [-0.4, -0.2) is 38.4 Å². The molecule has 0 saturated carbocycles. The first-order valence-electron chi connectivity index (χ1n) is 14.3. The van der Waals surface area contributed by atoms with Crippen molar-refractivity contribution in [2.45, 2.75) is 47.5 Å². The molecule has 0 atom stereocenters. The lowest BCUT2D eigenvalue weighted by atomic mass is 9.98. The molecule has 44 heavy (non-hydrogen) atoms. The molecule has 0 fully saturated rings. The van der Waals surface area contributed by atoms with Gasteiger partial charge < -0.3 is 20.1 Å². The first-order chi connectivity index (χ1) is 20.9. The monoisotopic (exact) mass is 632 g/mol. The molecule has 5 aromatic rings. The maximum absolute atomic E-state index is 13.9. The van der Waals surface area contributed by atoms with E-state index in [2.05, 4.69) is 15.4 Å². The van der Waals surface area contributed by atoms with Crippen molar-refractivity contribution >= 4 is 51.7 Å². The van der Waals surface area contributed by atoms with Crippen LogP contribution >= 0.6 is 23.2 Å². The Labute approximate surface area is 266 Å². The Bertz CT molecular complexity index is 1920. The number of carbonyl (C=O) groups is 2. The second-order valence-electron chi connectivity index (χ2n) is 11.1. The standard InChI is InChI=1S/C34H34Cl2N4O4/c1-17-15-22(16-18(2)30(17)36)44-14-8-10-24-25-12-13-26(35)29(28-20(4)39-40(6)21(28)5)31(25)38-32(24)33(41)37-27-11-7-9-23(19(27)3)34(42)43/h7,9,11-13,15-16,38H,8,10,14H2,1-6H3,(H,37,41)(H,42,43). The van der Waals surface area contributed by atoms with Crippen molar-refractivity contribution in [3.63, 3.8) is 0 Å². The van der Waals surface area contributed by atoms with Crippen molar-refractivity contribution in [3.05, 3.63) is 97.4 Å². The third kappa shape index (κ3) is 5.79. The fraction of sp³-hybridized carbons (Fsp3) is 0.265. The number of ether oxygens (including phenoxy) is 1. The van der Waals surface area contributed by atoms with Gasteiger partial charge in [-0.2, -0.15) is 5.10 Å². The topological polar surface area (TPSA) is 109 Å². The van der Waals surface area contributed by atoms with Crippen LogP contribution in [0.15, 0.2) is 42.5 Å². The lowest BCUT2D eigenvalue weighted by Gasteiger charge is -2.12. The zero-order valence-corrected chi connectivity index (χ0v) is 27.0. The molecule has 2 aromatic heterocycles. The van der Waals surface area contributed by atoms with Crippen molar-refractivity contribution in [1.29, 1.82) is 0 Å². The van der Waals surface area contributed by atoms with Gasteiger partial charge in [0.15, 0.2) is 0 Å². The minimum atomic E-state index is -1.06. The number of aromatic nitrogens is 3. The Morgan fingerprint density at radius 3 is 2.36 bits per heavy atom. The third-order valence-electron chi connectivity index (χ3n) is 8.08. The number of nitrogens with one attached hydrogen (secondary N) is 2. The number of amides is 1. The molecule has 8 nitrogen and oxygen atoms in total. The fourth-order valence-corrected chi connectivity index (χ4v) is 6.10. The summed E-state index contributed by atoms with van der Waals surface area (Å²) in [6.07, 6.45) is 1.17. The zero-order valence-electron chi connectivity index (χ0n) is 25.5. The summed E-state index contributed by atoms with van der Waals surface area (Å²) in [5, 5.41) is 19.2. The van der Waals surface area contributed by atoms with Crippen molar-refractivity contribution in [1.82, 2.24) is 14.8 Å². The molecule has 0 unspecified atom stereocenters. The lowest BCUT2D eigenvalue weighted by Crippen LogP contribution is -2.16. The Hall–Kier alpha value is -4.27. The summed E-state index contributed by atoms with van der Waals surface area (Å²) in [4.78, 5) is 29.0. The number of fused-ring (bicyclic) bond motifs is 1. The van der Waals surface area contributed by atoms with Crippen LogP contribution in [0.4, 0.5) is 5.69 Å². The van der Waals surface area contributed by atoms with E-state index in [0.29, 0.717) is 41.4 Å². The van der Waals surface area contributed by atoms with Gasteiger partial charge in [0, 0.05) is 40.0 Å². The highest BCUT2D eigenvalue weighted by atomic mass is 35.5. The Kier molecular flexibility index (Phi) is 8.77. The Balaban J connectivity index is 1.55. The van der Waals surface area contributed by atoms with Gasteiger partial charge >= 0.3 is 5.97 Å². The van der Waals surface area contributed by atoms with Gasteiger partial charge in [-0.1, -0.05) is 35.3 Å². The normalized spacial score (nSPS) is 11.3. The highest BCUT2D eigenvalue weighted by molar-refractivity contribution is 6.35. The summed E-state index contributed by atoms with van der Waals surface area (Å²) < 4.78 is 7.88. The number of nitrogens with zero attached hydrogens (tertiary/aromatic N) is 2. The average Bonchev–Trinajstić information content (AvgIpc) is 3.46. The van der Waals surface area contributed by atoms with Gasteiger partial charge in [-0.05, 0) is 100 Å². The van der Waals surface area contributed by atoms with E-state index in [0.717, 1.165) is 60.9 Å². The van der Waals surface area contributed by atoms with E-state index in [1.54, 1.807) is 19.1 Å².